The van der Waals surface area contributed by atoms with E-state index < -0.39 is 8.18 Å². The standard InChI is InChI=1S/C10H22NO2P/c1-2-3-4-5-6-7-8-9-10-11-14(12)13/h2-10H2,1H3,(H,11,12,13). The minimum absolute atomic E-state index is 0.605. The van der Waals surface area contributed by atoms with Crippen molar-refractivity contribution < 1.29 is 9.46 Å². The molecule has 0 aromatic rings. The Morgan fingerprint density at radius 3 is 2.00 bits per heavy atom. The second-order valence-corrected chi connectivity index (χ2v) is 4.47. The van der Waals surface area contributed by atoms with Crippen LogP contribution >= 0.6 is 8.18 Å². The van der Waals surface area contributed by atoms with Gasteiger partial charge in [0.15, 0.2) is 0 Å². The van der Waals surface area contributed by atoms with Gasteiger partial charge in [-0.3, -0.25) is 0 Å². The zero-order chi connectivity index (χ0) is 10.6. The minimum Gasteiger partial charge on any atom is -0.578 e. The first-order valence-electron chi connectivity index (χ1n) is 5.65. The lowest BCUT2D eigenvalue weighted by atomic mass is 10.1. The second-order valence-electron chi connectivity index (χ2n) is 3.64. The maximum atomic E-state index is 10.1. The van der Waals surface area contributed by atoms with E-state index in [0.29, 0.717) is 6.54 Å². The summed E-state index contributed by atoms with van der Waals surface area (Å²) in [7, 11) is -2.38. The Balaban J connectivity index is 2.88. The van der Waals surface area contributed by atoms with Crippen LogP contribution in [0.15, 0.2) is 0 Å². The van der Waals surface area contributed by atoms with Gasteiger partial charge in [-0.25, -0.2) is 0 Å². The largest absolute Gasteiger partial charge is 0.578 e. The van der Waals surface area contributed by atoms with Crippen molar-refractivity contribution in [2.75, 3.05) is 6.54 Å². The van der Waals surface area contributed by atoms with Gasteiger partial charge in [-0.2, -0.15) is 0 Å². The monoisotopic (exact) mass is 219 g/mol. The number of hydrogen-bond acceptors (Lipinski definition) is 2. The average molecular weight is 219 g/mol. The van der Waals surface area contributed by atoms with E-state index in [-0.39, 0.29) is 0 Å². The molecule has 1 unspecified atom stereocenters. The lowest BCUT2D eigenvalue weighted by Gasteiger charge is -2.00. The van der Waals surface area contributed by atoms with Gasteiger partial charge >= 0.3 is 8.18 Å². The summed E-state index contributed by atoms with van der Waals surface area (Å²) in [6.45, 7) is 2.82. The van der Waals surface area contributed by atoms with Crippen molar-refractivity contribution in [2.24, 2.45) is 0 Å². The molecule has 84 valence electrons. The van der Waals surface area contributed by atoms with Crippen molar-refractivity contribution in [3.63, 3.8) is 0 Å². The van der Waals surface area contributed by atoms with Gasteiger partial charge in [-0.15, -0.1) is 5.09 Å². The van der Waals surface area contributed by atoms with Crippen LogP contribution in [0.4, 0.5) is 0 Å². The highest BCUT2D eigenvalue weighted by atomic mass is 31.1. The SMILES string of the molecule is CCCCCCCCCCN[P+](=O)[O-]. The summed E-state index contributed by atoms with van der Waals surface area (Å²) in [5.41, 5.74) is 0. The van der Waals surface area contributed by atoms with E-state index in [4.69, 9.17) is 0 Å². The zero-order valence-electron chi connectivity index (χ0n) is 9.13. The van der Waals surface area contributed by atoms with Gasteiger partial charge in [0, 0.05) is 6.54 Å². The van der Waals surface area contributed by atoms with E-state index >= 15 is 0 Å². The van der Waals surface area contributed by atoms with Crippen molar-refractivity contribution in [3.8, 4) is 0 Å². The number of rotatable bonds is 10. The van der Waals surface area contributed by atoms with Crippen molar-refractivity contribution in [1.82, 2.24) is 5.09 Å². The molecular formula is C10H22NO2P. The topological polar surface area (TPSA) is 52.2 Å². The van der Waals surface area contributed by atoms with Crippen molar-refractivity contribution in [3.05, 3.63) is 0 Å². The molecule has 1 atom stereocenters. The highest BCUT2D eigenvalue weighted by Crippen LogP contribution is 2.08. The average Bonchev–Trinajstić information content (AvgIpc) is 2.15. The summed E-state index contributed by atoms with van der Waals surface area (Å²) >= 11 is 0. The van der Waals surface area contributed by atoms with E-state index in [0.717, 1.165) is 12.8 Å². The molecule has 4 heteroatoms. The van der Waals surface area contributed by atoms with Gasteiger partial charge < -0.3 is 4.89 Å². The van der Waals surface area contributed by atoms with Gasteiger partial charge in [-0.1, -0.05) is 56.4 Å². The van der Waals surface area contributed by atoms with Gasteiger partial charge in [0.1, 0.15) is 0 Å². The molecule has 0 aliphatic carbocycles. The molecule has 0 aliphatic heterocycles. The molecule has 0 rings (SSSR count). The molecule has 14 heavy (non-hydrogen) atoms. The fraction of sp³-hybridized carbons (Fsp3) is 1.00. The van der Waals surface area contributed by atoms with Crippen LogP contribution in [0.5, 0.6) is 0 Å². The van der Waals surface area contributed by atoms with Crippen LogP contribution in [-0.2, 0) is 4.57 Å². The lowest BCUT2D eigenvalue weighted by molar-refractivity contribution is -0.167. The van der Waals surface area contributed by atoms with Gasteiger partial charge in [0.25, 0.3) is 0 Å². The molecular weight excluding hydrogens is 197 g/mol. The molecule has 0 amide bonds. The van der Waals surface area contributed by atoms with Crippen LogP contribution in [0.2, 0.25) is 0 Å². The quantitative estimate of drug-likeness (QED) is 0.454. The molecule has 0 fully saturated rings. The van der Waals surface area contributed by atoms with Crippen LogP contribution in [0, 0.1) is 0 Å². The summed E-state index contributed by atoms with van der Waals surface area (Å²) < 4.78 is 10.1. The molecule has 3 nitrogen and oxygen atoms in total. The van der Waals surface area contributed by atoms with E-state index in [1.165, 1.54) is 38.5 Å². The molecule has 0 heterocycles. The number of unbranched alkanes of at least 4 members (excludes halogenated alkanes) is 7. The molecule has 0 aromatic heterocycles. The van der Waals surface area contributed by atoms with Crippen LogP contribution < -0.4 is 9.98 Å². The Labute approximate surface area is 88.2 Å². The number of hydrogen-bond donors (Lipinski definition) is 1. The summed E-state index contributed by atoms with van der Waals surface area (Å²) in [5, 5.41) is 2.41. The Bertz CT molecular complexity index is 142. The summed E-state index contributed by atoms with van der Waals surface area (Å²) in [5.74, 6) is 0. The van der Waals surface area contributed by atoms with Crippen molar-refractivity contribution in [1.29, 1.82) is 0 Å². The Morgan fingerprint density at radius 1 is 1.00 bits per heavy atom. The van der Waals surface area contributed by atoms with Crippen LogP contribution in [0.3, 0.4) is 0 Å². The van der Waals surface area contributed by atoms with E-state index in [9.17, 15) is 9.46 Å². The molecule has 0 saturated heterocycles. The van der Waals surface area contributed by atoms with Crippen LogP contribution in [0.1, 0.15) is 58.3 Å². The number of nitrogens with one attached hydrogen (secondary N) is 1. The van der Waals surface area contributed by atoms with Crippen LogP contribution in [-0.4, -0.2) is 6.54 Å². The van der Waals surface area contributed by atoms with E-state index in [1.807, 2.05) is 0 Å². The molecule has 0 aromatic carbocycles. The predicted molar refractivity (Wildman–Crippen MR) is 58.2 cm³/mol. The van der Waals surface area contributed by atoms with E-state index in [2.05, 4.69) is 12.0 Å². The summed E-state index contributed by atoms with van der Waals surface area (Å²) in [6, 6.07) is 0. The fourth-order valence-electron chi connectivity index (χ4n) is 1.43. The molecule has 0 radical (unpaired) electrons. The molecule has 0 saturated carbocycles. The summed E-state index contributed by atoms with van der Waals surface area (Å²) in [6.07, 6.45) is 9.96. The minimum atomic E-state index is -2.38. The smallest absolute Gasteiger partial charge is 0.408 e. The molecule has 1 N–H and O–H groups in total. The molecule has 0 bridgehead atoms. The Hall–Kier alpha value is 0.0200. The van der Waals surface area contributed by atoms with Crippen molar-refractivity contribution in [2.45, 2.75) is 58.3 Å². The predicted octanol–water partition coefficient (Wildman–Crippen LogP) is 2.73. The maximum Gasteiger partial charge on any atom is 0.408 e. The first-order valence-corrected chi connectivity index (χ1v) is 6.83. The highest BCUT2D eigenvalue weighted by molar-refractivity contribution is 7.33. The molecule has 0 spiro atoms. The third kappa shape index (κ3) is 12.0. The first kappa shape index (κ1) is 14.0. The maximum absolute atomic E-state index is 10.1. The third-order valence-electron chi connectivity index (χ3n) is 2.27. The van der Waals surface area contributed by atoms with Gasteiger partial charge in [0.2, 0.25) is 0 Å². The zero-order valence-corrected chi connectivity index (χ0v) is 10.0. The molecule has 0 aliphatic rings. The highest BCUT2D eigenvalue weighted by Gasteiger charge is 1.97. The summed E-state index contributed by atoms with van der Waals surface area (Å²) in [4.78, 5) is 10.1. The lowest BCUT2D eigenvalue weighted by Crippen LogP contribution is -2.10. The Morgan fingerprint density at radius 2 is 1.50 bits per heavy atom. The second kappa shape index (κ2) is 11.1. The fourth-order valence-corrected chi connectivity index (χ4v) is 1.77. The van der Waals surface area contributed by atoms with E-state index in [1.54, 1.807) is 0 Å². The Kier molecular flexibility index (Phi) is 11.1. The first-order chi connectivity index (χ1) is 6.77. The third-order valence-corrected chi connectivity index (χ3v) is 2.75. The normalized spacial score (nSPS) is 11.7. The van der Waals surface area contributed by atoms with Gasteiger partial charge in [0.05, 0.1) is 0 Å². The van der Waals surface area contributed by atoms with Crippen LogP contribution in [0.25, 0.3) is 0 Å². The van der Waals surface area contributed by atoms with Gasteiger partial charge in [-0.05, 0) is 6.42 Å². The van der Waals surface area contributed by atoms with Crippen molar-refractivity contribution >= 4 is 8.18 Å².